The Morgan fingerprint density at radius 3 is 1.98 bits per heavy atom. The number of pyridine rings is 1. The maximum Gasteiger partial charge on any atom is 1.00 e. The molecule has 0 aliphatic heterocycles. The van der Waals surface area contributed by atoms with Crippen molar-refractivity contribution in [3.63, 3.8) is 0 Å². The van der Waals surface area contributed by atoms with Crippen molar-refractivity contribution in [2.24, 2.45) is 0 Å². The number of nitrogens with one attached hydrogen (secondary N) is 1. The Morgan fingerprint density at radius 1 is 0.915 bits per heavy atom. The normalized spacial score (nSPS) is 12.3. The number of aliphatic carboxylic acids is 1. The van der Waals surface area contributed by atoms with Crippen LogP contribution in [0.15, 0.2) is 66.9 Å². The largest absolute Gasteiger partial charge is 1.00 e. The van der Waals surface area contributed by atoms with Crippen LogP contribution in [0.5, 0.6) is 0 Å². The zero-order valence-corrected chi connectivity index (χ0v) is 28.5. The molecule has 0 spiro atoms. The standard InChI is InChI=1S/C34H35F2N3O7.Na/c1-19(2)39-27(14-13-25(40)16-26(41)17-29(42)43)30(20-4-9-23(35)10-5-20)31(21-6-11-24(36)12-7-21)32(39)33(44)38-28-15-8-22(18-37-28)34(45)46-3;/h4-12,15,18-19,25-26,40-41H,13-14,16-17H2,1-3H3,(H,42,43)(H,37,38,44);/q;+1/p-1. The number of rotatable bonds is 13. The van der Waals surface area contributed by atoms with Crippen LogP contribution in [0.4, 0.5) is 14.6 Å². The molecule has 2 aromatic heterocycles. The molecule has 4 rings (SSSR count). The van der Waals surface area contributed by atoms with Gasteiger partial charge in [-0.1, -0.05) is 24.3 Å². The molecule has 2 atom stereocenters. The van der Waals surface area contributed by atoms with Crippen LogP contribution < -0.4 is 40.0 Å². The number of carboxylic acids is 1. The molecule has 0 bridgehead atoms. The summed E-state index contributed by atoms with van der Waals surface area (Å²) in [6, 6.07) is 13.8. The van der Waals surface area contributed by atoms with E-state index in [2.05, 4.69) is 10.3 Å². The van der Waals surface area contributed by atoms with Crippen molar-refractivity contribution in [1.82, 2.24) is 9.55 Å². The minimum atomic E-state index is -1.44. The van der Waals surface area contributed by atoms with Gasteiger partial charge in [-0.3, -0.25) is 4.79 Å². The molecule has 13 heteroatoms. The predicted molar refractivity (Wildman–Crippen MR) is 164 cm³/mol. The van der Waals surface area contributed by atoms with E-state index in [1.165, 1.54) is 61.8 Å². The molecular weight excluding hydrogens is 623 g/mol. The fraction of sp³-hybridized carbons (Fsp3) is 0.294. The number of hydrogen-bond acceptors (Lipinski definition) is 8. The molecule has 47 heavy (non-hydrogen) atoms. The Balaban J connectivity index is 0.00000600. The van der Waals surface area contributed by atoms with Gasteiger partial charge in [0.1, 0.15) is 23.1 Å². The van der Waals surface area contributed by atoms with Crippen molar-refractivity contribution in [2.45, 2.75) is 57.8 Å². The molecule has 0 saturated carbocycles. The van der Waals surface area contributed by atoms with Gasteiger partial charge in [0.05, 0.1) is 24.9 Å². The van der Waals surface area contributed by atoms with Crippen LogP contribution in [0, 0.1) is 11.6 Å². The summed E-state index contributed by atoms with van der Waals surface area (Å²) in [6.07, 6.45) is -1.76. The van der Waals surface area contributed by atoms with Crippen LogP contribution in [-0.4, -0.2) is 56.9 Å². The summed E-state index contributed by atoms with van der Waals surface area (Å²) in [6.45, 7) is 3.71. The molecule has 0 aliphatic rings. The van der Waals surface area contributed by atoms with E-state index in [0.717, 1.165) is 0 Å². The molecule has 2 unspecified atom stereocenters. The molecule has 3 N–H and O–H groups in total. The second-order valence-corrected chi connectivity index (χ2v) is 11.1. The summed E-state index contributed by atoms with van der Waals surface area (Å²) < 4.78 is 34.6. The van der Waals surface area contributed by atoms with Crippen LogP contribution in [0.25, 0.3) is 22.3 Å². The number of carbonyl (C=O) groups is 3. The average molecular weight is 658 g/mol. The summed E-state index contributed by atoms with van der Waals surface area (Å²) in [5.74, 6) is -3.45. The number of methoxy groups -OCH3 is 1. The van der Waals surface area contributed by atoms with Gasteiger partial charge in [0.2, 0.25) is 0 Å². The van der Waals surface area contributed by atoms with Crippen LogP contribution in [0.1, 0.15) is 65.7 Å². The van der Waals surface area contributed by atoms with Crippen LogP contribution in [0.3, 0.4) is 0 Å². The number of hydrogen-bond donors (Lipinski definition) is 3. The molecule has 10 nitrogen and oxygen atoms in total. The minimum Gasteiger partial charge on any atom is -0.550 e. The Hall–Kier alpha value is -3.94. The van der Waals surface area contributed by atoms with E-state index in [1.54, 1.807) is 16.7 Å². The zero-order chi connectivity index (χ0) is 33.5. The number of nitrogens with zero attached hydrogens (tertiary/aromatic N) is 2. The van der Waals surface area contributed by atoms with E-state index in [4.69, 9.17) is 4.74 Å². The predicted octanol–water partition coefficient (Wildman–Crippen LogP) is 1.30. The molecular formula is C34H34F2N3NaO7. The van der Waals surface area contributed by atoms with Gasteiger partial charge in [0.25, 0.3) is 5.91 Å². The van der Waals surface area contributed by atoms with Crippen molar-refractivity contribution < 1.29 is 72.8 Å². The first-order valence-corrected chi connectivity index (χ1v) is 14.6. The molecule has 4 aromatic rings. The number of carbonyl (C=O) groups excluding carboxylic acids is 3. The van der Waals surface area contributed by atoms with Gasteiger partial charge in [-0.25, -0.2) is 18.6 Å². The number of halogens is 2. The summed E-state index contributed by atoms with van der Waals surface area (Å²) in [4.78, 5) is 41.1. The van der Waals surface area contributed by atoms with Crippen molar-refractivity contribution in [3.8, 4) is 22.3 Å². The minimum absolute atomic E-state index is 0. The first-order chi connectivity index (χ1) is 21.9. The third-order valence-corrected chi connectivity index (χ3v) is 7.39. The first kappa shape index (κ1) is 37.5. The van der Waals surface area contributed by atoms with Gasteiger partial charge in [-0.2, -0.15) is 0 Å². The van der Waals surface area contributed by atoms with E-state index >= 15 is 0 Å². The number of amides is 1. The third kappa shape index (κ3) is 9.33. The van der Waals surface area contributed by atoms with Gasteiger partial charge in [0, 0.05) is 41.4 Å². The Kier molecular flexibility index (Phi) is 13.4. The van der Waals surface area contributed by atoms with E-state index in [1.807, 2.05) is 13.8 Å². The molecule has 0 aliphatic carbocycles. The van der Waals surface area contributed by atoms with Crippen molar-refractivity contribution in [1.29, 1.82) is 0 Å². The summed E-state index contributed by atoms with van der Waals surface area (Å²) in [7, 11) is 1.24. The fourth-order valence-electron chi connectivity index (χ4n) is 5.39. The van der Waals surface area contributed by atoms with Crippen molar-refractivity contribution >= 4 is 23.7 Å². The SMILES string of the molecule is COC(=O)c1ccc(NC(=O)c2c(-c3ccc(F)cc3)c(-c3ccc(F)cc3)c(CCC(O)CC(O)CC(=O)[O-])n2C(C)C)nc1.[Na+]. The fourth-order valence-corrected chi connectivity index (χ4v) is 5.39. The molecule has 0 radical (unpaired) electrons. The van der Waals surface area contributed by atoms with Crippen molar-refractivity contribution in [2.75, 3.05) is 12.4 Å². The van der Waals surface area contributed by atoms with Crippen LogP contribution in [0.2, 0.25) is 0 Å². The Labute approximate surface area is 292 Å². The Bertz CT molecular complexity index is 1690. The average Bonchev–Trinajstić information content (AvgIpc) is 3.36. The molecule has 242 valence electrons. The topological polar surface area (TPSA) is 154 Å². The molecule has 2 aromatic carbocycles. The van der Waals surface area contributed by atoms with Gasteiger partial charge < -0.3 is 34.7 Å². The zero-order valence-electron chi connectivity index (χ0n) is 26.5. The Morgan fingerprint density at radius 2 is 1.49 bits per heavy atom. The number of anilines is 1. The van der Waals surface area contributed by atoms with E-state index in [0.29, 0.717) is 27.9 Å². The van der Waals surface area contributed by atoms with Gasteiger partial charge in [0.15, 0.2) is 0 Å². The molecule has 1 amide bonds. The summed E-state index contributed by atoms with van der Waals surface area (Å²) in [5.41, 5.74) is 2.96. The molecule has 0 saturated heterocycles. The number of aliphatic hydroxyl groups is 2. The molecule has 0 fully saturated rings. The monoisotopic (exact) mass is 657 g/mol. The number of aromatic nitrogens is 2. The van der Waals surface area contributed by atoms with E-state index in [-0.39, 0.29) is 71.9 Å². The first-order valence-electron chi connectivity index (χ1n) is 14.6. The van der Waals surface area contributed by atoms with Gasteiger partial charge in [-0.05, 0) is 80.6 Å². The van der Waals surface area contributed by atoms with Crippen LogP contribution >= 0.6 is 0 Å². The number of aliphatic hydroxyl groups excluding tert-OH is 2. The number of ether oxygens (including phenoxy) is 1. The van der Waals surface area contributed by atoms with Gasteiger partial charge >= 0.3 is 35.5 Å². The smallest absolute Gasteiger partial charge is 0.550 e. The molecule has 2 heterocycles. The number of benzene rings is 2. The van der Waals surface area contributed by atoms with Crippen LogP contribution in [-0.2, 0) is 16.0 Å². The van der Waals surface area contributed by atoms with E-state index < -0.39 is 48.1 Å². The summed E-state index contributed by atoms with van der Waals surface area (Å²) >= 11 is 0. The van der Waals surface area contributed by atoms with Gasteiger partial charge in [-0.15, -0.1) is 0 Å². The maximum absolute atomic E-state index is 14.2. The summed E-state index contributed by atoms with van der Waals surface area (Å²) in [5, 5.41) is 34.4. The van der Waals surface area contributed by atoms with Crippen molar-refractivity contribution in [3.05, 3.63) is 95.4 Å². The second kappa shape index (κ2) is 16.8. The van der Waals surface area contributed by atoms with E-state index in [9.17, 15) is 38.5 Å². The second-order valence-electron chi connectivity index (χ2n) is 11.1. The quantitative estimate of drug-likeness (QED) is 0.144. The number of carboxylic acid groups (broad SMARTS) is 1. The number of esters is 1. The maximum atomic E-state index is 14.2. The third-order valence-electron chi connectivity index (χ3n) is 7.39.